The minimum atomic E-state index is -3.86. The van der Waals surface area contributed by atoms with E-state index in [1.165, 1.54) is 29.2 Å². The van der Waals surface area contributed by atoms with Gasteiger partial charge in [-0.25, -0.2) is 18.1 Å². The number of rotatable bonds is 6. The number of anilines is 1. The van der Waals surface area contributed by atoms with Gasteiger partial charge >= 0.3 is 0 Å². The van der Waals surface area contributed by atoms with Gasteiger partial charge in [0.05, 0.1) is 43.7 Å². The summed E-state index contributed by atoms with van der Waals surface area (Å²) >= 11 is 0. The normalized spacial score (nSPS) is 27.9. The molecule has 2 aliphatic heterocycles. The monoisotopic (exact) mass is 499 g/mol. The average Bonchev–Trinajstić information content (AvgIpc) is 3.17. The Morgan fingerprint density at radius 3 is 2.71 bits per heavy atom. The highest BCUT2D eigenvalue weighted by molar-refractivity contribution is 7.89. The number of carbonyl (C=O) groups is 1. The van der Waals surface area contributed by atoms with Gasteiger partial charge in [-0.2, -0.15) is 5.10 Å². The maximum atomic E-state index is 14.0. The molecule has 2 fully saturated rings. The quantitative estimate of drug-likeness (QED) is 0.647. The number of nitrogens with zero attached hydrogens (tertiary/aromatic N) is 6. The number of carbonyl (C=O) groups excluding carboxylic acids is 1. The molecule has 4 aliphatic rings. The molecule has 1 amide bonds. The number of aliphatic imine (C=N–C) groups is 1. The number of fused-ring (bicyclic) bond motifs is 5. The van der Waals surface area contributed by atoms with Crippen molar-refractivity contribution in [2.45, 2.75) is 67.7 Å². The van der Waals surface area contributed by atoms with Crippen molar-refractivity contribution in [1.29, 1.82) is 0 Å². The number of amides is 1. The summed E-state index contributed by atoms with van der Waals surface area (Å²) in [6.07, 6.45) is 6.04. The molecule has 2 aromatic rings. The van der Waals surface area contributed by atoms with E-state index in [9.17, 15) is 13.2 Å². The molecular weight excluding hydrogens is 466 g/mol. The summed E-state index contributed by atoms with van der Waals surface area (Å²) in [5.41, 5.74) is 0.454. The van der Waals surface area contributed by atoms with E-state index in [4.69, 9.17) is 7.73 Å². The zero-order valence-corrected chi connectivity index (χ0v) is 21.1. The van der Waals surface area contributed by atoms with Gasteiger partial charge in [0.25, 0.3) is 5.91 Å². The van der Waals surface area contributed by atoms with Gasteiger partial charge in [-0.15, -0.1) is 0 Å². The second-order valence-electron chi connectivity index (χ2n) is 10.5. The van der Waals surface area contributed by atoms with Gasteiger partial charge in [-0.1, -0.05) is 0 Å². The fourth-order valence-electron chi connectivity index (χ4n) is 5.27. The zero-order valence-electron chi connectivity index (χ0n) is 22.3. The topological polar surface area (TPSA) is 103 Å². The summed E-state index contributed by atoms with van der Waals surface area (Å²) in [4.78, 5) is 24.0. The second-order valence-corrected chi connectivity index (χ2v) is 12.2. The van der Waals surface area contributed by atoms with Crippen LogP contribution in [-0.4, -0.2) is 77.6 Å². The third kappa shape index (κ3) is 3.76. The van der Waals surface area contributed by atoms with Gasteiger partial charge in [0, 0.05) is 30.4 Å². The molecule has 6 rings (SSSR count). The Labute approximate surface area is 208 Å². The van der Waals surface area contributed by atoms with Crippen LogP contribution in [0.25, 0.3) is 0 Å². The fraction of sp³-hybridized carbons (Fsp3) is 0.542. The van der Waals surface area contributed by atoms with Gasteiger partial charge in [0.1, 0.15) is 0 Å². The lowest BCUT2D eigenvalue weighted by Crippen LogP contribution is -2.53. The summed E-state index contributed by atoms with van der Waals surface area (Å²) in [5.74, 6) is -0.365. The molecule has 2 aliphatic carbocycles. The molecule has 0 saturated heterocycles. The van der Waals surface area contributed by atoms with Gasteiger partial charge < -0.3 is 9.80 Å². The van der Waals surface area contributed by atoms with Crippen LogP contribution < -0.4 is 9.62 Å². The highest BCUT2D eigenvalue weighted by atomic mass is 32.2. The number of hydrogen-bond donors (Lipinski definition) is 1. The molecule has 11 heteroatoms. The van der Waals surface area contributed by atoms with Crippen LogP contribution in [0.3, 0.4) is 0 Å². The minimum absolute atomic E-state index is 0.0108. The van der Waals surface area contributed by atoms with Crippen molar-refractivity contribution in [2.24, 2.45) is 12.0 Å². The fourth-order valence-corrected chi connectivity index (χ4v) is 6.76. The van der Waals surface area contributed by atoms with E-state index >= 15 is 0 Å². The van der Waals surface area contributed by atoms with E-state index in [1.807, 2.05) is 25.9 Å². The van der Waals surface area contributed by atoms with Crippen LogP contribution in [0.5, 0.6) is 0 Å². The number of benzene rings is 1. The predicted molar refractivity (Wildman–Crippen MR) is 132 cm³/mol. The smallest absolute Gasteiger partial charge is 0.263 e. The summed E-state index contributed by atoms with van der Waals surface area (Å²) < 4.78 is 48.5. The first-order valence-corrected chi connectivity index (χ1v) is 13.3. The Bertz CT molecular complexity index is 1430. The van der Waals surface area contributed by atoms with Crippen molar-refractivity contribution in [3.63, 3.8) is 0 Å². The van der Waals surface area contributed by atoms with Gasteiger partial charge in [0.2, 0.25) is 16.0 Å². The minimum Gasteiger partial charge on any atom is -0.306 e. The second kappa shape index (κ2) is 7.62. The van der Waals surface area contributed by atoms with E-state index in [0.29, 0.717) is 11.7 Å². The van der Waals surface area contributed by atoms with E-state index in [0.717, 1.165) is 30.6 Å². The lowest BCUT2D eigenvalue weighted by molar-refractivity contribution is 0.0832. The zero-order chi connectivity index (χ0) is 26.5. The van der Waals surface area contributed by atoms with Crippen molar-refractivity contribution in [3.05, 3.63) is 41.7 Å². The first-order chi connectivity index (χ1) is 17.3. The number of aryl methyl sites for hydroxylation is 1. The van der Waals surface area contributed by atoms with Crippen LogP contribution in [0.4, 0.5) is 5.69 Å². The largest absolute Gasteiger partial charge is 0.306 e. The third-order valence-corrected chi connectivity index (χ3v) is 9.16. The number of nitrogens with one attached hydrogen (secondary N) is 1. The van der Waals surface area contributed by atoms with Crippen molar-refractivity contribution >= 4 is 27.6 Å². The summed E-state index contributed by atoms with van der Waals surface area (Å²) in [6, 6.07) is 4.69. The maximum Gasteiger partial charge on any atom is 0.263 e. The maximum absolute atomic E-state index is 14.0. The molecule has 1 aromatic carbocycles. The number of aromatic nitrogens is 2. The molecule has 3 atom stereocenters. The Kier molecular flexibility index (Phi) is 4.45. The standard InChI is InChI=1S/C24H31N7O3S/c1-24(7-8-24)27-35(33,34)17-5-6-20-18(11-17)22(32)30(14-15-12-25-29(4)13-15)23-26-19-9-16(28(2)3)10-21(19)31(20)23/h5-6,11-13,16,19,21,27H,7-10,14H2,1-4H3/t16-,19-,21+/m1/s1/i14D2. The van der Waals surface area contributed by atoms with Crippen LogP contribution in [0, 0.1) is 0 Å². The predicted octanol–water partition coefficient (Wildman–Crippen LogP) is 1.54. The molecule has 0 spiro atoms. The number of hydrogen-bond acceptors (Lipinski definition) is 7. The van der Waals surface area contributed by atoms with Crippen LogP contribution in [-0.2, 0) is 23.6 Å². The SMILES string of the molecule is [2H]C([2H])(c1cnn(C)c1)N1C(=O)c2cc(S(=O)(=O)NC3(C)CC3)ccc2N2C1=N[C@@H]1C[C@@H](N(C)C)C[C@@H]12. The van der Waals surface area contributed by atoms with Crippen molar-refractivity contribution in [1.82, 2.24) is 24.3 Å². The summed E-state index contributed by atoms with van der Waals surface area (Å²) in [7, 11) is 1.89. The van der Waals surface area contributed by atoms with Crippen LogP contribution >= 0.6 is 0 Å². The lowest BCUT2D eigenvalue weighted by Gasteiger charge is -2.39. The van der Waals surface area contributed by atoms with Crippen LogP contribution in [0.2, 0.25) is 0 Å². The highest BCUT2D eigenvalue weighted by Gasteiger charge is 2.50. The van der Waals surface area contributed by atoms with E-state index < -0.39 is 28.0 Å². The molecule has 1 aromatic heterocycles. The Hall–Kier alpha value is -2.76. The average molecular weight is 500 g/mol. The van der Waals surface area contributed by atoms with Gasteiger partial charge in [-0.05, 0) is 64.9 Å². The summed E-state index contributed by atoms with van der Waals surface area (Å²) in [5, 5.41) is 4.10. The van der Waals surface area contributed by atoms with Crippen LogP contribution in [0.15, 0.2) is 40.5 Å². The van der Waals surface area contributed by atoms with Gasteiger partial charge in [0.15, 0.2) is 0 Å². The van der Waals surface area contributed by atoms with Crippen LogP contribution in [0.1, 0.15) is 51.3 Å². The number of guanidine groups is 1. The van der Waals surface area contributed by atoms with Crippen molar-refractivity contribution in [2.75, 3.05) is 19.0 Å². The lowest BCUT2D eigenvalue weighted by atomic mass is 10.0. The van der Waals surface area contributed by atoms with Gasteiger partial charge in [-0.3, -0.25) is 14.4 Å². The first-order valence-electron chi connectivity index (χ1n) is 12.9. The molecule has 0 bridgehead atoms. The summed E-state index contributed by atoms with van der Waals surface area (Å²) in [6.45, 7) is -0.402. The Balaban J connectivity index is 1.48. The Morgan fingerprint density at radius 1 is 1.29 bits per heavy atom. The molecule has 35 heavy (non-hydrogen) atoms. The molecule has 2 saturated carbocycles. The first kappa shape index (κ1) is 20.4. The van der Waals surface area contributed by atoms with E-state index in [-0.39, 0.29) is 34.1 Å². The molecule has 3 heterocycles. The van der Waals surface area contributed by atoms with Crippen molar-refractivity contribution < 1.29 is 16.0 Å². The molecular formula is C24H31N7O3S. The number of sulfonamides is 1. The molecule has 0 unspecified atom stereocenters. The molecule has 0 radical (unpaired) electrons. The Morgan fingerprint density at radius 2 is 2.06 bits per heavy atom. The molecule has 10 nitrogen and oxygen atoms in total. The van der Waals surface area contributed by atoms with E-state index in [2.05, 4.69) is 14.7 Å². The van der Waals surface area contributed by atoms with Crippen molar-refractivity contribution in [3.8, 4) is 0 Å². The molecule has 186 valence electrons. The highest BCUT2D eigenvalue weighted by Crippen LogP contribution is 2.43. The van der Waals surface area contributed by atoms with E-state index in [1.54, 1.807) is 13.1 Å². The molecule has 1 N–H and O–H groups in total. The third-order valence-electron chi connectivity index (χ3n) is 7.53.